The van der Waals surface area contributed by atoms with Crippen LogP contribution in [0, 0.1) is 11.7 Å². The highest BCUT2D eigenvalue weighted by molar-refractivity contribution is 5.95. The predicted octanol–water partition coefficient (Wildman–Crippen LogP) is 2.27. The summed E-state index contributed by atoms with van der Waals surface area (Å²) < 4.78 is 19.3. The van der Waals surface area contributed by atoms with Gasteiger partial charge >= 0.3 is 0 Å². The third-order valence-corrected chi connectivity index (χ3v) is 4.98. The van der Waals surface area contributed by atoms with Gasteiger partial charge in [-0.05, 0) is 44.1 Å². The summed E-state index contributed by atoms with van der Waals surface area (Å²) in [6.45, 7) is 5.23. The second-order valence-corrected chi connectivity index (χ2v) is 6.96. The van der Waals surface area contributed by atoms with E-state index in [-0.39, 0.29) is 54.7 Å². The Morgan fingerprint density at radius 2 is 1.83 bits per heavy atom. The lowest BCUT2D eigenvalue weighted by molar-refractivity contribution is -0.120. The van der Waals surface area contributed by atoms with Crippen LogP contribution < -0.4 is 16.0 Å². The van der Waals surface area contributed by atoms with E-state index in [4.69, 9.17) is 4.74 Å². The number of hydrogen-bond acceptors (Lipinski definition) is 5. The molecule has 2 saturated heterocycles. The van der Waals surface area contributed by atoms with E-state index in [1.165, 1.54) is 18.2 Å². The van der Waals surface area contributed by atoms with Crippen LogP contribution in [-0.2, 0) is 14.3 Å². The molecule has 3 N–H and O–H groups in total. The van der Waals surface area contributed by atoms with E-state index in [2.05, 4.69) is 20.9 Å². The van der Waals surface area contributed by atoms with Crippen molar-refractivity contribution in [3.05, 3.63) is 24.0 Å². The molecule has 0 aliphatic carbocycles. The summed E-state index contributed by atoms with van der Waals surface area (Å²) in [6, 6.07) is 4.24. The van der Waals surface area contributed by atoms with Crippen molar-refractivity contribution in [1.29, 1.82) is 0 Å². The fraction of sp³-hybridized carbons (Fsp3) is 0.579. The number of hydrogen-bond donors (Lipinski definition) is 3. The molecule has 0 aromatic heterocycles. The van der Waals surface area contributed by atoms with Crippen LogP contribution in [0.15, 0.2) is 18.2 Å². The molecule has 0 spiro atoms. The number of anilines is 2. The number of nitrogens with one attached hydrogen (secondary N) is 3. The highest BCUT2D eigenvalue weighted by atomic mass is 35.5. The zero-order valence-corrected chi connectivity index (χ0v) is 17.9. The first kappa shape index (κ1) is 25.6. The zero-order valence-electron chi connectivity index (χ0n) is 16.2. The van der Waals surface area contributed by atoms with Gasteiger partial charge in [0.1, 0.15) is 5.82 Å². The lowest BCUT2D eigenvalue weighted by Crippen LogP contribution is -2.38. The van der Waals surface area contributed by atoms with Crippen molar-refractivity contribution < 1.29 is 18.7 Å². The second-order valence-electron chi connectivity index (χ2n) is 6.96. The lowest BCUT2D eigenvalue weighted by Gasteiger charge is -2.26. The van der Waals surface area contributed by atoms with Gasteiger partial charge in [-0.2, -0.15) is 0 Å². The third-order valence-electron chi connectivity index (χ3n) is 4.98. The monoisotopic (exact) mass is 450 g/mol. The summed E-state index contributed by atoms with van der Waals surface area (Å²) in [5, 5.41) is 8.66. The summed E-state index contributed by atoms with van der Waals surface area (Å²) >= 11 is 0. The molecule has 2 amide bonds. The smallest absolute Gasteiger partial charge is 0.227 e. The van der Waals surface area contributed by atoms with Gasteiger partial charge in [-0.3, -0.25) is 14.5 Å². The Hall–Kier alpha value is -1.45. The van der Waals surface area contributed by atoms with Crippen LogP contribution in [0.3, 0.4) is 0 Å². The molecule has 0 radical (unpaired) electrons. The van der Waals surface area contributed by atoms with E-state index >= 15 is 0 Å². The van der Waals surface area contributed by atoms with E-state index in [1.54, 1.807) is 0 Å². The lowest BCUT2D eigenvalue weighted by atomic mass is 9.97. The minimum absolute atomic E-state index is 0. The molecular weight excluding hydrogens is 422 g/mol. The fourth-order valence-corrected chi connectivity index (χ4v) is 3.32. The first-order valence-corrected chi connectivity index (χ1v) is 9.53. The Morgan fingerprint density at radius 3 is 2.52 bits per heavy atom. The van der Waals surface area contributed by atoms with Gasteiger partial charge in [-0.1, -0.05) is 0 Å². The Labute approximate surface area is 182 Å². The van der Waals surface area contributed by atoms with Crippen molar-refractivity contribution in [2.24, 2.45) is 5.92 Å². The molecule has 2 heterocycles. The highest BCUT2D eigenvalue weighted by Gasteiger charge is 2.21. The summed E-state index contributed by atoms with van der Waals surface area (Å²) in [7, 11) is 0. The van der Waals surface area contributed by atoms with Gasteiger partial charge in [0.2, 0.25) is 11.8 Å². The molecular formula is C19H29Cl2FN4O3. The average molecular weight is 451 g/mol. The van der Waals surface area contributed by atoms with Crippen LogP contribution in [0.1, 0.15) is 19.3 Å². The minimum atomic E-state index is -0.519. The number of ether oxygens (including phenoxy) is 1. The molecule has 2 aliphatic rings. The summed E-state index contributed by atoms with van der Waals surface area (Å²) in [4.78, 5) is 26.6. The summed E-state index contributed by atoms with van der Waals surface area (Å²) in [6.07, 6.45) is 1.86. The maximum absolute atomic E-state index is 14.1. The van der Waals surface area contributed by atoms with E-state index in [9.17, 15) is 14.0 Å². The Morgan fingerprint density at radius 1 is 1.14 bits per heavy atom. The number of carbonyl (C=O) groups excluding carboxylic acids is 2. The normalized spacial score (nSPS) is 17.6. The van der Waals surface area contributed by atoms with Crippen molar-refractivity contribution in [2.45, 2.75) is 19.3 Å². The molecule has 1 aromatic rings. The molecule has 2 fully saturated rings. The Bertz CT molecular complexity index is 669. The molecule has 164 valence electrons. The van der Waals surface area contributed by atoms with Crippen LogP contribution in [0.4, 0.5) is 15.8 Å². The average Bonchev–Trinajstić information content (AvgIpc) is 2.70. The SMILES string of the molecule is Cl.Cl.O=C(CCN1CCOCC1)Nc1cc(NC(=O)C2CCNCC2)ccc1F. The van der Waals surface area contributed by atoms with E-state index in [0.29, 0.717) is 25.4 Å². The van der Waals surface area contributed by atoms with Crippen LogP contribution in [0.25, 0.3) is 0 Å². The van der Waals surface area contributed by atoms with Gasteiger partial charge < -0.3 is 20.7 Å². The molecule has 3 rings (SSSR count). The first-order valence-electron chi connectivity index (χ1n) is 9.53. The van der Waals surface area contributed by atoms with Crippen LogP contribution in [-0.4, -0.2) is 62.7 Å². The van der Waals surface area contributed by atoms with Gasteiger partial charge in [0.25, 0.3) is 0 Å². The largest absolute Gasteiger partial charge is 0.379 e. The van der Waals surface area contributed by atoms with Crippen molar-refractivity contribution in [3.8, 4) is 0 Å². The topological polar surface area (TPSA) is 82.7 Å². The minimum Gasteiger partial charge on any atom is -0.379 e. The Balaban J connectivity index is 0.00000210. The molecule has 0 bridgehead atoms. The van der Waals surface area contributed by atoms with E-state index in [0.717, 1.165) is 39.0 Å². The third kappa shape index (κ3) is 8.06. The number of halogens is 3. The molecule has 0 atom stereocenters. The molecule has 1 aromatic carbocycles. The number of piperidine rings is 1. The van der Waals surface area contributed by atoms with Gasteiger partial charge in [0.15, 0.2) is 0 Å². The maximum atomic E-state index is 14.1. The molecule has 7 nitrogen and oxygen atoms in total. The predicted molar refractivity (Wildman–Crippen MR) is 116 cm³/mol. The maximum Gasteiger partial charge on any atom is 0.227 e. The molecule has 10 heteroatoms. The number of benzene rings is 1. The van der Waals surface area contributed by atoms with Crippen molar-refractivity contribution in [1.82, 2.24) is 10.2 Å². The zero-order chi connectivity index (χ0) is 19.1. The van der Waals surface area contributed by atoms with E-state index < -0.39 is 5.82 Å². The van der Waals surface area contributed by atoms with Crippen LogP contribution in [0.2, 0.25) is 0 Å². The number of carbonyl (C=O) groups is 2. The van der Waals surface area contributed by atoms with Crippen LogP contribution >= 0.6 is 24.8 Å². The number of morpholine rings is 1. The highest BCUT2D eigenvalue weighted by Crippen LogP contribution is 2.22. The van der Waals surface area contributed by atoms with Crippen molar-refractivity contribution >= 4 is 48.0 Å². The fourth-order valence-electron chi connectivity index (χ4n) is 3.32. The summed E-state index contributed by atoms with van der Waals surface area (Å²) in [5.41, 5.74) is 0.577. The number of rotatable bonds is 6. The van der Waals surface area contributed by atoms with Crippen molar-refractivity contribution in [2.75, 3.05) is 56.6 Å². The van der Waals surface area contributed by atoms with Gasteiger partial charge in [-0.15, -0.1) is 24.8 Å². The second kappa shape index (κ2) is 13.0. The Kier molecular flexibility index (Phi) is 11.4. The molecule has 2 aliphatic heterocycles. The van der Waals surface area contributed by atoms with Gasteiger partial charge in [0.05, 0.1) is 18.9 Å². The molecule has 0 saturated carbocycles. The molecule has 0 unspecified atom stereocenters. The van der Waals surface area contributed by atoms with Gasteiger partial charge in [0, 0.05) is 37.7 Å². The van der Waals surface area contributed by atoms with Crippen molar-refractivity contribution in [3.63, 3.8) is 0 Å². The number of nitrogens with zero attached hydrogens (tertiary/aromatic N) is 1. The molecule has 29 heavy (non-hydrogen) atoms. The number of amides is 2. The first-order chi connectivity index (χ1) is 13.1. The van der Waals surface area contributed by atoms with E-state index in [1.807, 2.05) is 0 Å². The standard InChI is InChI=1S/C19H27FN4O3.2ClH/c20-16-2-1-15(22-19(26)14-3-6-21-7-4-14)13-17(16)23-18(25)5-8-24-9-11-27-12-10-24;;/h1-2,13-14,21H,3-12H2,(H,22,26)(H,23,25);2*1H. The quantitative estimate of drug-likeness (QED) is 0.618. The van der Waals surface area contributed by atoms with Gasteiger partial charge in [-0.25, -0.2) is 4.39 Å². The van der Waals surface area contributed by atoms with Crippen LogP contribution in [0.5, 0.6) is 0 Å². The summed E-state index contributed by atoms with van der Waals surface area (Å²) in [5.74, 6) is -0.868.